The molecule has 0 saturated carbocycles. The summed E-state index contributed by atoms with van der Waals surface area (Å²) < 4.78 is 44.1. The van der Waals surface area contributed by atoms with Gasteiger partial charge in [-0.25, -0.2) is 4.99 Å². The predicted octanol–water partition coefficient (Wildman–Crippen LogP) is 5.67. The third kappa shape index (κ3) is 5.07. The first-order valence-corrected chi connectivity index (χ1v) is 9.87. The lowest BCUT2D eigenvalue weighted by Crippen LogP contribution is -2.11. The molecule has 0 bridgehead atoms. The normalized spacial score (nSPS) is 12.1. The van der Waals surface area contributed by atoms with Crippen molar-refractivity contribution in [3.8, 4) is 11.5 Å². The number of halogens is 3. The van der Waals surface area contributed by atoms with Gasteiger partial charge in [0.05, 0.1) is 23.6 Å². The molecule has 0 aliphatic carbocycles. The van der Waals surface area contributed by atoms with Crippen LogP contribution >= 0.6 is 0 Å². The molecular formula is C25H17F3N2O3. The number of benzene rings is 3. The zero-order valence-corrected chi connectivity index (χ0v) is 17.1. The highest BCUT2D eigenvalue weighted by Crippen LogP contribution is 2.33. The maximum Gasteiger partial charge on any atom is 0.416 e. The Morgan fingerprint density at radius 3 is 2.42 bits per heavy atom. The molecular weight excluding hydrogens is 433 g/mol. The number of aliphatic hydroxyl groups excluding tert-OH is 1. The number of carbonyl (C=O) groups is 1. The maximum absolute atomic E-state index is 12.8. The van der Waals surface area contributed by atoms with Crippen LogP contribution in [0.5, 0.6) is 11.5 Å². The van der Waals surface area contributed by atoms with Gasteiger partial charge in [0.25, 0.3) is 5.91 Å². The van der Waals surface area contributed by atoms with Crippen molar-refractivity contribution in [2.45, 2.75) is 6.18 Å². The maximum atomic E-state index is 12.8. The van der Waals surface area contributed by atoms with E-state index in [0.717, 1.165) is 12.1 Å². The summed E-state index contributed by atoms with van der Waals surface area (Å²) in [4.78, 5) is 20.8. The summed E-state index contributed by atoms with van der Waals surface area (Å²) in [5.41, 5.74) is 0.0990. The fourth-order valence-electron chi connectivity index (χ4n) is 3.21. The molecule has 0 unspecified atom stereocenters. The van der Waals surface area contributed by atoms with Crippen molar-refractivity contribution in [2.24, 2.45) is 4.99 Å². The van der Waals surface area contributed by atoms with E-state index in [-0.39, 0.29) is 11.5 Å². The number of hydrogen-bond donors (Lipinski definition) is 1. The Morgan fingerprint density at radius 2 is 1.76 bits per heavy atom. The fraction of sp³-hybridized carbons (Fsp3) is 0.0800. The number of ether oxygens (including phenoxy) is 1. The number of rotatable bonds is 5. The summed E-state index contributed by atoms with van der Waals surface area (Å²) >= 11 is 0. The molecule has 0 spiro atoms. The van der Waals surface area contributed by atoms with E-state index >= 15 is 0 Å². The Labute approximate surface area is 186 Å². The van der Waals surface area contributed by atoms with E-state index in [0.29, 0.717) is 27.8 Å². The van der Waals surface area contributed by atoms with E-state index in [1.807, 2.05) is 0 Å². The van der Waals surface area contributed by atoms with Crippen LogP contribution in [0.1, 0.15) is 21.6 Å². The van der Waals surface area contributed by atoms with Gasteiger partial charge in [-0.3, -0.25) is 9.78 Å². The summed E-state index contributed by atoms with van der Waals surface area (Å²) in [7, 11) is 0. The standard InChI is InChI=1S/C25H17F3N2O3/c26-25(27,28)18-8-10-19(11-9-18)33-23-6-3-4-16-14-17(7-12-20(16)23)24(32)30-22(15-31)21-5-1-2-13-29-21/h1-14,31H,15H2/b30-22+. The number of carbonyl (C=O) groups excluding carboxylic acids is 1. The molecule has 0 aliphatic rings. The summed E-state index contributed by atoms with van der Waals surface area (Å²) in [6, 6.07) is 19.6. The van der Waals surface area contributed by atoms with Crippen LogP contribution < -0.4 is 4.74 Å². The van der Waals surface area contributed by atoms with Gasteiger partial charge in [0.2, 0.25) is 0 Å². The van der Waals surface area contributed by atoms with Crippen LogP contribution in [0.3, 0.4) is 0 Å². The van der Waals surface area contributed by atoms with Crippen molar-refractivity contribution in [1.82, 2.24) is 4.98 Å². The lowest BCUT2D eigenvalue weighted by atomic mass is 10.1. The first-order chi connectivity index (χ1) is 15.8. The van der Waals surface area contributed by atoms with E-state index in [2.05, 4.69) is 9.98 Å². The van der Waals surface area contributed by atoms with Crippen LogP contribution in [0.15, 0.2) is 90.1 Å². The zero-order valence-electron chi connectivity index (χ0n) is 17.1. The van der Waals surface area contributed by atoms with E-state index < -0.39 is 24.3 Å². The topological polar surface area (TPSA) is 71.8 Å². The van der Waals surface area contributed by atoms with Crippen molar-refractivity contribution in [3.05, 3.63) is 102 Å². The molecule has 1 N–H and O–H groups in total. The van der Waals surface area contributed by atoms with Gasteiger partial charge in [-0.1, -0.05) is 18.2 Å². The molecule has 1 heterocycles. The lowest BCUT2D eigenvalue weighted by Gasteiger charge is -2.11. The fourth-order valence-corrected chi connectivity index (χ4v) is 3.21. The van der Waals surface area contributed by atoms with Gasteiger partial charge in [0.15, 0.2) is 0 Å². The van der Waals surface area contributed by atoms with Gasteiger partial charge >= 0.3 is 6.18 Å². The highest BCUT2D eigenvalue weighted by molar-refractivity contribution is 6.11. The second kappa shape index (κ2) is 9.22. The van der Waals surface area contributed by atoms with Crippen LogP contribution in [0, 0.1) is 0 Å². The van der Waals surface area contributed by atoms with Crippen LogP contribution in [0.4, 0.5) is 13.2 Å². The number of nitrogens with zero attached hydrogens (tertiary/aromatic N) is 2. The number of amides is 1. The highest BCUT2D eigenvalue weighted by atomic mass is 19.4. The van der Waals surface area contributed by atoms with Crippen LogP contribution in [0.2, 0.25) is 0 Å². The molecule has 0 aliphatic heterocycles. The van der Waals surface area contributed by atoms with Crippen LogP contribution in [0.25, 0.3) is 10.8 Å². The van der Waals surface area contributed by atoms with Crippen LogP contribution in [-0.2, 0) is 6.18 Å². The number of aliphatic hydroxyl groups is 1. The molecule has 5 nitrogen and oxygen atoms in total. The Morgan fingerprint density at radius 1 is 0.970 bits per heavy atom. The smallest absolute Gasteiger partial charge is 0.416 e. The summed E-state index contributed by atoms with van der Waals surface area (Å²) in [6.07, 6.45) is -2.88. The van der Waals surface area contributed by atoms with Gasteiger partial charge in [0.1, 0.15) is 11.5 Å². The molecule has 0 radical (unpaired) electrons. The van der Waals surface area contributed by atoms with E-state index in [1.165, 1.54) is 12.1 Å². The predicted molar refractivity (Wildman–Crippen MR) is 118 cm³/mol. The molecule has 4 aromatic rings. The molecule has 0 fully saturated rings. The van der Waals surface area contributed by atoms with E-state index in [4.69, 9.17) is 4.74 Å². The molecule has 0 atom stereocenters. The minimum Gasteiger partial charge on any atom is -0.457 e. The van der Waals surface area contributed by atoms with Crippen LogP contribution in [-0.4, -0.2) is 28.3 Å². The third-order valence-corrected chi connectivity index (χ3v) is 4.84. The number of alkyl halides is 3. The molecule has 1 amide bonds. The van der Waals surface area contributed by atoms with Crippen molar-refractivity contribution in [3.63, 3.8) is 0 Å². The second-order valence-corrected chi connectivity index (χ2v) is 7.05. The zero-order chi connectivity index (χ0) is 23.4. The number of pyridine rings is 1. The minimum atomic E-state index is -4.42. The molecule has 33 heavy (non-hydrogen) atoms. The quantitative estimate of drug-likeness (QED) is 0.398. The SMILES string of the molecule is O=C(/N=C(\CO)c1ccccn1)c1ccc2c(Oc3ccc(C(F)(F)F)cc3)cccc2c1. The Kier molecular flexibility index (Phi) is 6.19. The number of aromatic nitrogens is 1. The minimum absolute atomic E-state index is 0.153. The van der Waals surface area contributed by atoms with E-state index in [1.54, 1.807) is 60.8 Å². The average molecular weight is 450 g/mol. The van der Waals surface area contributed by atoms with Crippen molar-refractivity contribution in [1.29, 1.82) is 0 Å². The Balaban J connectivity index is 1.60. The highest BCUT2D eigenvalue weighted by Gasteiger charge is 2.30. The summed E-state index contributed by atoms with van der Waals surface area (Å²) in [5.74, 6) is 0.142. The summed E-state index contributed by atoms with van der Waals surface area (Å²) in [5, 5.41) is 10.9. The monoisotopic (exact) mass is 450 g/mol. The van der Waals surface area contributed by atoms with Gasteiger partial charge in [0, 0.05) is 17.1 Å². The largest absolute Gasteiger partial charge is 0.457 e. The first-order valence-electron chi connectivity index (χ1n) is 9.87. The Hall–Kier alpha value is -4.04. The number of aliphatic imine (C=N–C) groups is 1. The number of fused-ring (bicyclic) bond motifs is 1. The first kappa shape index (κ1) is 22.2. The van der Waals surface area contributed by atoms with E-state index in [9.17, 15) is 23.1 Å². The molecule has 8 heteroatoms. The molecule has 3 aromatic carbocycles. The average Bonchev–Trinajstić information content (AvgIpc) is 2.82. The van der Waals surface area contributed by atoms with Gasteiger partial charge in [-0.2, -0.15) is 13.2 Å². The van der Waals surface area contributed by atoms with Crippen molar-refractivity contribution < 1.29 is 27.8 Å². The summed E-state index contributed by atoms with van der Waals surface area (Å²) in [6.45, 7) is -0.443. The molecule has 166 valence electrons. The Bertz CT molecular complexity index is 1320. The molecule has 0 saturated heterocycles. The molecule has 4 rings (SSSR count). The van der Waals surface area contributed by atoms with Gasteiger partial charge in [-0.15, -0.1) is 0 Å². The third-order valence-electron chi connectivity index (χ3n) is 4.84. The van der Waals surface area contributed by atoms with Gasteiger partial charge < -0.3 is 9.84 Å². The van der Waals surface area contributed by atoms with Gasteiger partial charge in [-0.05, 0) is 66.0 Å². The lowest BCUT2D eigenvalue weighted by molar-refractivity contribution is -0.137. The second-order valence-electron chi connectivity index (χ2n) is 7.05. The number of hydrogen-bond acceptors (Lipinski definition) is 4. The van der Waals surface area contributed by atoms with Crippen molar-refractivity contribution in [2.75, 3.05) is 6.61 Å². The van der Waals surface area contributed by atoms with Crippen molar-refractivity contribution >= 4 is 22.4 Å². The molecule has 1 aromatic heterocycles.